The normalized spacial score (nSPS) is 10.0. The monoisotopic (exact) mass is 259 g/mol. The number of ether oxygens (including phenoxy) is 1. The fourth-order valence-corrected chi connectivity index (χ4v) is 1.62. The molecule has 0 aliphatic carbocycles. The molecule has 0 spiro atoms. The first-order valence-corrected chi connectivity index (χ1v) is 5.99. The summed E-state index contributed by atoms with van der Waals surface area (Å²) in [6.07, 6.45) is 0. The molecule has 2 rings (SSSR count). The van der Waals surface area contributed by atoms with Gasteiger partial charge in [0.15, 0.2) is 0 Å². The predicted octanol–water partition coefficient (Wildman–Crippen LogP) is 3.75. The smallest absolute Gasteiger partial charge is 0.338 e. The Hall–Kier alpha value is -2.36. The van der Waals surface area contributed by atoms with Gasteiger partial charge < -0.3 is 10.1 Å². The highest BCUT2D eigenvalue weighted by atomic mass is 19.1. The van der Waals surface area contributed by atoms with Crippen molar-refractivity contribution >= 4 is 17.3 Å². The molecule has 0 saturated carbocycles. The van der Waals surface area contributed by atoms with E-state index in [0.29, 0.717) is 23.5 Å². The molecule has 0 aliphatic heterocycles. The molecule has 0 amide bonds. The number of rotatable bonds is 4. The maximum atomic E-state index is 13.4. The van der Waals surface area contributed by atoms with Gasteiger partial charge in [-0.2, -0.15) is 0 Å². The summed E-state index contributed by atoms with van der Waals surface area (Å²) in [5, 5.41) is 2.94. The number of anilines is 2. The number of para-hydroxylation sites is 1. The van der Waals surface area contributed by atoms with Crippen LogP contribution in [0.2, 0.25) is 0 Å². The second-order valence-electron chi connectivity index (χ2n) is 3.90. The Morgan fingerprint density at radius 1 is 1.16 bits per heavy atom. The molecule has 1 N–H and O–H groups in total. The minimum absolute atomic E-state index is 0.322. The maximum absolute atomic E-state index is 13.4. The molecule has 4 heteroatoms. The van der Waals surface area contributed by atoms with Gasteiger partial charge in [-0.3, -0.25) is 0 Å². The zero-order valence-corrected chi connectivity index (χ0v) is 10.5. The van der Waals surface area contributed by atoms with Gasteiger partial charge in [0.25, 0.3) is 0 Å². The van der Waals surface area contributed by atoms with Gasteiger partial charge in [-0.1, -0.05) is 12.1 Å². The third-order valence-corrected chi connectivity index (χ3v) is 2.55. The third-order valence-electron chi connectivity index (χ3n) is 2.55. The van der Waals surface area contributed by atoms with Gasteiger partial charge in [0.05, 0.1) is 17.9 Å². The van der Waals surface area contributed by atoms with Crippen molar-refractivity contribution in [3.05, 3.63) is 59.9 Å². The second kappa shape index (κ2) is 6.00. The average molecular weight is 259 g/mol. The van der Waals surface area contributed by atoms with E-state index < -0.39 is 0 Å². The standard InChI is InChI=1S/C15H14FNO2/c1-2-19-15(18)11-7-9-12(10-8-11)17-14-6-4-3-5-13(14)16/h3-10,17H,2H2,1H3. The summed E-state index contributed by atoms with van der Waals surface area (Å²) in [5.41, 5.74) is 1.57. The first-order chi connectivity index (χ1) is 9.20. The lowest BCUT2D eigenvalue weighted by atomic mass is 10.2. The van der Waals surface area contributed by atoms with Crippen molar-refractivity contribution in [3.63, 3.8) is 0 Å². The number of esters is 1. The first kappa shape index (κ1) is 13.1. The van der Waals surface area contributed by atoms with E-state index in [1.54, 1.807) is 49.4 Å². The zero-order valence-electron chi connectivity index (χ0n) is 10.5. The molecule has 98 valence electrons. The summed E-state index contributed by atoms with van der Waals surface area (Å²) in [6.45, 7) is 2.10. The topological polar surface area (TPSA) is 38.3 Å². The van der Waals surface area contributed by atoms with E-state index in [1.807, 2.05) is 0 Å². The van der Waals surface area contributed by atoms with Crippen molar-refractivity contribution in [2.45, 2.75) is 6.92 Å². The van der Waals surface area contributed by atoms with Crippen molar-refractivity contribution in [1.29, 1.82) is 0 Å². The molecule has 0 aromatic heterocycles. The number of nitrogens with one attached hydrogen (secondary N) is 1. The van der Waals surface area contributed by atoms with E-state index in [-0.39, 0.29) is 11.8 Å². The number of carbonyl (C=O) groups is 1. The number of hydrogen-bond acceptors (Lipinski definition) is 3. The summed E-state index contributed by atoms with van der Waals surface area (Å²) in [6, 6.07) is 13.1. The molecule has 0 atom stereocenters. The first-order valence-electron chi connectivity index (χ1n) is 5.99. The molecule has 2 aromatic rings. The SMILES string of the molecule is CCOC(=O)c1ccc(Nc2ccccc2F)cc1. The molecule has 0 saturated heterocycles. The minimum Gasteiger partial charge on any atom is -0.462 e. The van der Waals surface area contributed by atoms with Crippen molar-refractivity contribution in [3.8, 4) is 0 Å². The molecule has 0 unspecified atom stereocenters. The van der Waals surface area contributed by atoms with Crippen LogP contribution in [-0.4, -0.2) is 12.6 Å². The van der Waals surface area contributed by atoms with Crippen LogP contribution in [-0.2, 0) is 4.74 Å². The van der Waals surface area contributed by atoms with Crippen LogP contribution in [0, 0.1) is 5.82 Å². The summed E-state index contributed by atoms with van der Waals surface area (Å²) in [5.74, 6) is -0.683. The minimum atomic E-state index is -0.361. The van der Waals surface area contributed by atoms with Gasteiger partial charge in [-0.25, -0.2) is 9.18 Å². The van der Waals surface area contributed by atoms with Gasteiger partial charge in [0.1, 0.15) is 5.82 Å². The molecule has 0 heterocycles. The maximum Gasteiger partial charge on any atom is 0.338 e. The molecular formula is C15H14FNO2. The molecule has 2 aromatic carbocycles. The van der Waals surface area contributed by atoms with Crippen molar-refractivity contribution in [2.24, 2.45) is 0 Å². The summed E-state index contributed by atoms with van der Waals surface area (Å²) in [7, 11) is 0. The number of benzene rings is 2. The fourth-order valence-electron chi connectivity index (χ4n) is 1.62. The molecule has 0 aliphatic rings. The van der Waals surface area contributed by atoms with Crippen LogP contribution in [0.3, 0.4) is 0 Å². The Morgan fingerprint density at radius 2 is 1.84 bits per heavy atom. The lowest BCUT2D eigenvalue weighted by Gasteiger charge is -2.08. The Kier molecular flexibility index (Phi) is 4.13. The van der Waals surface area contributed by atoms with Gasteiger partial charge in [0.2, 0.25) is 0 Å². The van der Waals surface area contributed by atoms with E-state index in [1.165, 1.54) is 6.07 Å². The quantitative estimate of drug-likeness (QED) is 0.850. The van der Waals surface area contributed by atoms with Gasteiger partial charge in [-0.05, 0) is 43.3 Å². The lowest BCUT2D eigenvalue weighted by molar-refractivity contribution is 0.0526. The van der Waals surface area contributed by atoms with Crippen LogP contribution in [0.15, 0.2) is 48.5 Å². The van der Waals surface area contributed by atoms with Crippen molar-refractivity contribution in [1.82, 2.24) is 0 Å². The predicted molar refractivity (Wildman–Crippen MR) is 72.1 cm³/mol. The van der Waals surface area contributed by atoms with Crippen LogP contribution >= 0.6 is 0 Å². The van der Waals surface area contributed by atoms with Crippen LogP contribution < -0.4 is 5.32 Å². The van der Waals surface area contributed by atoms with E-state index in [9.17, 15) is 9.18 Å². The zero-order chi connectivity index (χ0) is 13.7. The summed E-state index contributed by atoms with van der Waals surface area (Å²) < 4.78 is 18.3. The van der Waals surface area contributed by atoms with E-state index >= 15 is 0 Å². The highest BCUT2D eigenvalue weighted by molar-refractivity contribution is 5.89. The summed E-state index contributed by atoms with van der Waals surface area (Å²) in [4.78, 5) is 11.5. The molecule has 3 nitrogen and oxygen atoms in total. The van der Waals surface area contributed by atoms with Crippen LogP contribution in [0.5, 0.6) is 0 Å². The van der Waals surface area contributed by atoms with Gasteiger partial charge in [-0.15, -0.1) is 0 Å². The Labute approximate surface area is 111 Å². The summed E-state index contributed by atoms with van der Waals surface area (Å²) >= 11 is 0. The molecule has 0 bridgehead atoms. The van der Waals surface area contributed by atoms with Crippen LogP contribution in [0.25, 0.3) is 0 Å². The molecule has 19 heavy (non-hydrogen) atoms. The van der Waals surface area contributed by atoms with E-state index in [4.69, 9.17) is 4.74 Å². The number of carbonyl (C=O) groups excluding carboxylic acids is 1. The highest BCUT2D eigenvalue weighted by Gasteiger charge is 2.06. The Morgan fingerprint density at radius 3 is 2.47 bits per heavy atom. The molecular weight excluding hydrogens is 245 g/mol. The van der Waals surface area contributed by atoms with Crippen molar-refractivity contribution < 1.29 is 13.9 Å². The highest BCUT2D eigenvalue weighted by Crippen LogP contribution is 2.19. The Balaban J connectivity index is 2.11. The second-order valence-corrected chi connectivity index (χ2v) is 3.90. The van der Waals surface area contributed by atoms with Crippen LogP contribution in [0.4, 0.5) is 15.8 Å². The van der Waals surface area contributed by atoms with E-state index in [2.05, 4.69) is 5.32 Å². The largest absolute Gasteiger partial charge is 0.462 e. The number of halogens is 1. The molecule has 0 fully saturated rings. The van der Waals surface area contributed by atoms with Gasteiger partial charge in [0, 0.05) is 5.69 Å². The average Bonchev–Trinajstić information content (AvgIpc) is 2.42. The number of hydrogen-bond donors (Lipinski definition) is 1. The Bertz CT molecular complexity index is 567. The van der Waals surface area contributed by atoms with Crippen molar-refractivity contribution in [2.75, 3.05) is 11.9 Å². The molecule has 0 radical (unpaired) electrons. The lowest BCUT2D eigenvalue weighted by Crippen LogP contribution is -2.04. The van der Waals surface area contributed by atoms with Crippen LogP contribution in [0.1, 0.15) is 17.3 Å². The fraction of sp³-hybridized carbons (Fsp3) is 0.133. The van der Waals surface area contributed by atoms with E-state index in [0.717, 1.165) is 0 Å². The van der Waals surface area contributed by atoms with Gasteiger partial charge >= 0.3 is 5.97 Å². The third kappa shape index (κ3) is 3.31.